The first-order valence-corrected chi connectivity index (χ1v) is 6.24. The minimum absolute atomic E-state index is 0.736. The van der Waals surface area contributed by atoms with Crippen LogP contribution in [0.1, 0.15) is 0 Å². The lowest BCUT2D eigenvalue weighted by molar-refractivity contribution is 1.09. The third kappa shape index (κ3) is 2.01. The zero-order chi connectivity index (χ0) is 11.7. The number of nitrogens with one attached hydrogen (secondary N) is 1. The van der Waals surface area contributed by atoms with Gasteiger partial charge in [0, 0.05) is 11.1 Å². The molecule has 0 bridgehead atoms. The van der Waals surface area contributed by atoms with E-state index in [1.54, 1.807) is 18.1 Å². The van der Waals surface area contributed by atoms with Crippen LogP contribution in [0.3, 0.4) is 0 Å². The Labute approximate surface area is 107 Å². The normalized spacial score (nSPS) is 10.9. The first-order valence-electron chi connectivity index (χ1n) is 5.05. The van der Waals surface area contributed by atoms with Crippen LogP contribution in [-0.4, -0.2) is 15.0 Å². The molecule has 0 radical (unpaired) electrons. The first-order chi connectivity index (χ1) is 8.34. The lowest BCUT2D eigenvalue weighted by atomic mass is 10.4. The van der Waals surface area contributed by atoms with Gasteiger partial charge in [-0.1, -0.05) is 35.5 Å². The summed E-state index contributed by atoms with van der Waals surface area (Å²) < 4.78 is 0. The van der Waals surface area contributed by atoms with Crippen molar-refractivity contribution in [1.82, 2.24) is 15.0 Å². The minimum atomic E-state index is 0.736. The topological polar surface area (TPSA) is 41.6 Å². The van der Waals surface area contributed by atoms with Gasteiger partial charge >= 0.3 is 0 Å². The molecule has 1 N–H and O–H groups in total. The Morgan fingerprint density at radius 2 is 2.00 bits per heavy atom. The molecule has 0 aliphatic heterocycles. The van der Waals surface area contributed by atoms with Crippen LogP contribution < -0.4 is 0 Å². The van der Waals surface area contributed by atoms with Crippen LogP contribution in [-0.2, 0) is 0 Å². The van der Waals surface area contributed by atoms with Gasteiger partial charge < -0.3 is 4.98 Å². The molecule has 3 nitrogen and oxygen atoms in total. The number of hydrogen-bond donors (Lipinski definition) is 1. The first kappa shape index (κ1) is 10.6. The van der Waals surface area contributed by atoms with Crippen molar-refractivity contribution < 1.29 is 0 Å². The highest BCUT2D eigenvalue weighted by molar-refractivity contribution is 7.99. The number of aromatic amines is 1. The average Bonchev–Trinajstić information content (AvgIpc) is 2.81. The number of hydrogen-bond acceptors (Lipinski definition) is 3. The van der Waals surface area contributed by atoms with Gasteiger partial charge in [0.2, 0.25) is 0 Å². The molecular formula is C12H8ClN3S. The van der Waals surface area contributed by atoms with Crippen LogP contribution in [0, 0.1) is 0 Å². The predicted molar refractivity (Wildman–Crippen MR) is 69.5 cm³/mol. The summed E-state index contributed by atoms with van der Waals surface area (Å²) in [5.74, 6) is 0. The molecule has 0 unspecified atom stereocenters. The molecular weight excluding hydrogens is 254 g/mol. The molecule has 0 fully saturated rings. The molecule has 2 aromatic heterocycles. The van der Waals surface area contributed by atoms with Gasteiger partial charge in [0.05, 0.1) is 10.4 Å². The molecule has 17 heavy (non-hydrogen) atoms. The van der Waals surface area contributed by atoms with E-state index < -0.39 is 0 Å². The fourth-order valence-electron chi connectivity index (χ4n) is 1.56. The average molecular weight is 262 g/mol. The van der Waals surface area contributed by atoms with E-state index in [1.807, 2.05) is 36.5 Å². The molecule has 0 aliphatic rings. The molecule has 84 valence electrons. The lowest BCUT2D eigenvalue weighted by Gasteiger charge is -2.03. The Balaban J connectivity index is 2.06. The fraction of sp³-hybridized carbons (Fsp3) is 0. The SMILES string of the molecule is Clc1ccccc1Sc1ncnc2[nH]ccc12. The number of aromatic nitrogens is 3. The Bertz CT molecular complexity index is 665. The summed E-state index contributed by atoms with van der Waals surface area (Å²) >= 11 is 7.67. The van der Waals surface area contributed by atoms with Crippen molar-refractivity contribution in [2.45, 2.75) is 9.92 Å². The van der Waals surface area contributed by atoms with E-state index in [4.69, 9.17) is 11.6 Å². The molecule has 5 heteroatoms. The minimum Gasteiger partial charge on any atom is -0.346 e. The van der Waals surface area contributed by atoms with Crippen molar-refractivity contribution in [3.63, 3.8) is 0 Å². The number of halogens is 1. The second-order valence-corrected chi connectivity index (χ2v) is 4.89. The van der Waals surface area contributed by atoms with Crippen molar-refractivity contribution in [3.05, 3.63) is 47.9 Å². The molecule has 0 saturated carbocycles. The van der Waals surface area contributed by atoms with Crippen LogP contribution in [0.25, 0.3) is 11.0 Å². The van der Waals surface area contributed by atoms with Crippen LogP contribution in [0.5, 0.6) is 0 Å². The number of rotatable bonds is 2. The highest BCUT2D eigenvalue weighted by atomic mass is 35.5. The Kier molecular flexibility index (Phi) is 2.74. The zero-order valence-corrected chi connectivity index (χ0v) is 10.3. The number of fused-ring (bicyclic) bond motifs is 1. The second-order valence-electron chi connectivity index (χ2n) is 3.45. The van der Waals surface area contributed by atoms with Gasteiger partial charge in [-0.25, -0.2) is 9.97 Å². The van der Waals surface area contributed by atoms with Crippen molar-refractivity contribution in [2.75, 3.05) is 0 Å². The third-order valence-corrected chi connectivity index (χ3v) is 3.90. The van der Waals surface area contributed by atoms with Gasteiger partial charge in [-0.15, -0.1) is 0 Å². The summed E-state index contributed by atoms with van der Waals surface area (Å²) in [6.07, 6.45) is 3.41. The van der Waals surface area contributed by atoms with E-state index in [-0.39, 0.29) is 0 Å². The van der Waals surface area contributed by atoms with Gasteiger partial charge in [0.15, 0.2) is 0 Å². The van der Waals surface area contributed by atoms with Crippen molar-refractivity contribution in [2.24, 2.45) is 0 Å². The summed E-state index contributed by atoms with van der Waals surface area (Å²) in [4.78, 5) is 12.5. The van der Waals surface area contributed by atoms with Gasteiger partial charge in [0.1, 0.15) is 17.0 Å². The molecule has 3 aromatic rings. The van der Waals surface area contributed by atoms with Gasteiger partial charge in [0.25, 0.3) is 0 Å². The predicted octanol–water partition coefficient (Wildman–Crippen LogP) is 3.76. The molecule has 0 atom stereocenters. The van der Waals surface area contributed by atoms with Crippen molar-refractivity contribution >= 4 is 34.4 Å². The van der Waals surface area contributed by atoms with E-state index in [1.165, 1.54) is 0 Å². The van der Waals surface area contributed by atoms with Gasteiger partial charge in [-0.3, -0.25) is 0 Å². The quantitative estimate of drug-likeness (QED) is 0.714. The standard InChI is InChI=1S/C12H8ClN3S/c13-9-3-1-2-4-10(9)17-12-8-5-6-14-11(8)15-7-16-12/h1-7H,(H,14,15,16). The van der Waals surface area contributed by atoms with Gasteiger partial charge in [-0.2, -0.15) is 0 Å². The van der Waals surface area contributed by atoms with E-state index in [0.717, 1.165) is 26.0 Å². The molecule has 1 aromatic carbocycles. The Hall–Kier alpha value is -1.52. The molecule has 3 rings (SSSR count). The molecule has 0 spiro atoms. The second kappa shape index (κ2) is 4.39. The number of nitrogens with zero attached hydrogens (tertiary/aromatic N) is 2. The zero-order valence-electron chi connectivity index (χ0n) is 8.72. The van der Waals surface area contributed by atoms with E-state index in [0.29, 0.717) is 0 Å². The number of benzene rings is 1. The molecule has 2 heterocycles. The Morgan fingerprint density at radius 1 is 1.12 bits per heavy atom. The monoisotopic (exact) mass is 261 g/mol. The summed E-state index contributed by atoms with van der Waals surface area (Å²) in [7, 11) is 0. The van der Waals surface area contributed by atoms with E-state index in [9.17, 15) is 0 Å². The van der Waals surface area contributed by atoms with Crippen molar-refractivity contribution in [3.8, 4) is 0 Å². The van der Waals surface area contributed by atoms with Crippen LogP contribution >= 0.6 is 23.4 Å². The van der Waals surface area contributed by atoms with Crippen LogP contribution in [0.15, 0.2) is 52.8 Å². The maximum Gasteiger partial charge on any atom is 0.141 e. The number of H-pyrrole nitrogens is 1. The highest BCUT2D eigenvalue weighted by Gasteiger charge is 2.08. The molecule has 0 aliphatic carbocycles. The highest BCUT2D eigenvalue weighted by Crippen LogP contribution is 2.34. The van der Waals surface area contributed by atoms with Crippen LogP contribution in [0.4, 0.5) is 0 Å². The third-order valence-electron chi connectivity index (χ3n) is 2.36. The Morgan fingerprint density at radius 3 is 2.88 bits per heavy atom. The van der Waals surface area contributed by atoms with Crippen molar-refractivity contribution in [1.29, 1.82) is 0 Å². The van der Waals surface area contributed by atoms with E-state index in [2.05, 4.69) is 15.0 Å². The maximum atomic E-state index is 6.13. The summed E-state index contributed by atoms with van der Waals surface area (Å²) in [6.45, 7) is 0. The summed E-state index contributed by atoms with van der Waals surface area (Å²) in [5.41, 5.74) is 0.842. The summed E-state index contributed by atoms with van der Waals surface area (Å²) in [5, 5.41) is 2.65. The fourth-order valence-corrected chi connectivity index (χ4v) is 2.71. The van der Waals surface area contributed by atoms with E-state index >= 15 is 0 Å². The lowest BCUT2D eigenvalue weighted by Crippen LogP contribution is -1.84. The maximum absolute atomic E-state index is 6.13. The largest absolute Gasteiger partial charge is 0.346 e. The molecule has 0 amide bonds. The van der Waals surface area contributed by atoms with Crippen LogP contribution in [0.2, 0.25) is 5.02 Å². The molecule has 0 saturated heterocycles. The van der Waals surface area contributed by atoms with Gasteiger partial charge in [-0.05, 0) is 18.2 Å². The summed E-state index contributed by atoms with van der Waals surface area (Å²) in [6, 6.07) is 9.70. The smallest absolute Gasteiger partial charge is 0.141 e.